The lowest BCUT2D eigenvalue weighted by Gasteiger charge is -2.25. The molecule has 0 spiro atoms. The molecule has 0 radical (unpaired) electrons. The van der Waals surface area contributed by atoms with Crippen LogP contribution >= 0.6 is 0 Å². The lowest BCUT2D eigenvalue weighted by molar-refractivity contribution is -0.143. The Morgan fingerprint density at radius 3 is 2.55 bits per heavy atom. The molecule has 3 aromatic rings. The average Bonchev–Trinajstić information content (AvgIpc) is 2.68. The maximum Gasteiger partial charge on any atom is 0.389 e. The molecule has 31 heavy (non-hydrogen) atoms. The first kappa shape index (κ1) is 22.5. The number of amides is 1. The molecule has 0 saturated heterocycles. The number of pyridine rings is 2. The number of nitrogen functional groups attached to an aromatic ring is 1. The summed E-state index contributed by atoms with van der Waals surface area (Å²) < 4.78 is 62.4. The standard InChI is InChI=1S/C20H19F3N4O3S/c1-31(29,30)19-16(3-2-10-25-19)27(18(28)8-9-20(21,22)23)12-13-4-5-14-6-7-17(24)26-15(14)11-13/h2-7,10-11H,8-9,12H2,1H3,(H2,24,26). The molecule has 1 amide bonds. The number of hydrogen-bond acceptors (Lipinski definition) is 6. The van der Waals surface area contributed by atoms with Crippen LogP contribution in [0.25, 0.3) is 10.9 Å². The second-order valence-electron chi connectivity index (χ2n) is 6.96. The van der Waals surface area contributed by atoms with Gasteiger partial charge in [-0.15, -0.1) is 0 Å². The van der Waals surface area contributed by atoms with E-state index in [1.54, 1.807) is 30.3 Å². The number of fused-ring (bicyclic) bond motifs is 1. The first-order chi connectivity index (χ1) is 14.4. The highest BCUT2D eigenvalue weighted by Gasteiger charge is 2.31. The maximum atomic E-state index is 12.8. The molecule has 0 aliphatic rings. The molecule has 0 unspecified atom stereocenters. The van der Waals surface area contributed by atoms with Gasteiger partial charge in [-0.05, 0) is 35.9 Å². The van der Waals surface area contributed by atoms with Crippen molar-refractivity contribution in [2.45, 2.75) is 30.6 Å². The second kappa shape index (κ2) is 8.50. The van der Waals surface area contributed by atoms with Gasteiger partial charge in [0.2, 0.25) is 5.91 Å². The molecule has 11 heteroatoms. The molecule has 2 aromatic heterocycles. The van der Waals surface area contributed by atoms with Crippen molar-refractivity contribution in [2.75, 3.05) is 16.9 Å². The molecule has 0 aliphatic heterocycles. The van der Waals surface area contributed by atoms with Crippen LogP contribution in [0.1, 0.15) is 18.4 Å². The van der Waals surface area contributed by atoms with Crippen molar-refractivity contribution in [3.8, 4) is 0 Å². The van der Waals surface area contributed by atoms with Crippen LogP contribution in [0, 0.1) is 0 Å². The SMILES string of the molecule is CS(=O)(=O)c1ncccc1N(Cc1ccc2ccc(N)nc2c1)C(=O)CCC(F)(F)F. The van der Waals surface area contributed by atoms with Gasteiger partial charge in [0.05, 0.1) is 24.2 Å². The number of carbonyl (C=O) groups excluding carboxylic acids is 1. The smallest absolute Gasteiger partial charge is 0.384 e. The molecule has 0 bridgehead atoms. The molecule has 164 valence electrons. The van der Waals surface area contributed by atoms with Crippen molar-refractivity contribution < 1.29 is 26.4 Å². The predicted octanol–water partition coefficient (Wildman–Crippen LogP) is 3.49. The Hall–Kier alpha value is -3.21. The Morgan fingerprint density at radius 2 is 1.87 bits per heavy atom. The highest BCUT2D eigenvalue weighted by atomic mass is 32.2. The van der Waals surface area contributed by atoms with Gasteiger partial charge in [-0.3, -0.25) is 4.79 Å². The number of halogens is 3. The zero-order valence-electron chi connectivity index (χ0n) is 16.4. The number of nitrogens with two attached hydrogens (primary N) is 1. The minimum absolute atomic E-state index is 0.0854. The van der Waals surface area contributed by atoms with Crippen molar-refractivity contribution in [3.63, 3.8) is 0 Å². The lowest BCUT2D eigenvalue weighted by atomic mass is 10.1. The van der Waals surface area contributed by atoms with E-state index in [1.807, 2.05) is 0 Å². The van der Waals surface area contributed by atoms with Crippen molar-refractivity contribution in [3.05, 3.63) is 54.2 Å². The zero-order chi connectivity index (χ0) is 22.8. The highest BCUT2D eigenvalue weighted by molar-refractivity contribution is 7.90. The van der Waals surface area contributed by atoms with Crippen LogP contribution in [0.5, 0.6) is 0 Å². The molecule has 0 saturated carbocycles. The van der Waals surface area contributed by atoms with Gasteiger partial charge in [0, 0.05) is 24.3 Å². The number of hydrogen-bond donors (Lipinski definition) is 1. The Bertz CT molecular complexity index is 1230. The Balaban J connectivity index is 2.04. The second-order valence-corrected chi connectivity index (χ2v) is 8.89. The number of anilines is 2. The molecule has 3 rings (SSSR count). The van der Waals surface area contributed by atoms with Crippen molar-refractivity contribution >= 4 is 38.2 Å². The molecule has 1 aromatic carbocycles. The van der Waals surface area contributed by atoms with E-state index in [0.29, 0.717) is 11.1 Å². The van der Waals surface area contributed by atoms with E-state index in [2.05, 4.69) is 9.97 Å². The minimum atomic E-state index is -4.53. The number of nitrogens with zero attached hydrogens (tertiary/aromatic N) is 3. The van der Waals surface area contributed by atoms with Crippen LogP contribution in [0.2, 0.25) is 0 Å². The van der Waals surface area contributed by atoms with E-state index >= 15 is 0 Å². The summed E-state index contributed by atoms with van der Waals surface area (Å²) in [4.78, 5) is 21.8. The van der Waals surface area contributed by atoms with Gasteiger partial charge >= 0.3 is 6.18 Å². The highest BCUT2D eigenvalue weighted by Crippen LogP contribution is 2.28. The van der Waals surface area contributed by atoms with Crippen LogP contribution in [-0.4, -0.2) is 36.7 Å². The molecule has 7 nitrogen and oxygen atoms in total. The van der Waals surface area contributed by atoms with Gasteiger partial charge in [-0.1, -0.05) is 12.1 Å². The van der Waals surface area contributed by atoms with Crippen LogP contribution < -0.4 is 10.6 Å². The summed E-state index contributed by atoms with van der Waals surface area (Å²) in [6.45, 7) is -0.169. The molecule has 0 atom stereocenters. The third kappa shape index (κ3) is 5.69. The lowest BCUT2D eigenvalue weighted by Crippen LogP contribution is -2.32. The molecule has 2 N–H and O–H groups in total. The quantitative estimate of drug-likeness (QED) is 0.614. The Kier molecular flexibility index (Phi) is 6.16. The van der Waals surface area contributed by atoms with E-state index in [1.165, 1.54) is 18.3 Å². The van der Waals surface area contributed by atoms with E-state index in [-0.39, 0.29) is 18.1 Å². The number of sulfone groups is 1. The third-order valence-corrected chi connectivity index (χ3v) is 5.45. The summed E-state index contributed by atoms with van der Waals surface area (Å²) >= 11 is 0. The fourth-order valence-corrected chi connectivity index (χ4v) is 3.83. The number of benzene rings is 1. The van der Waals surface area contributed by atoms with Crippen molar-refractivity contribution in [1.82, 2.24) is 9.97 Å². The predicted molar refractivity (Wildman–Crippen MR) is 110 cm³/mol. The summed E-state index contributed by atoms with van der Waals surface area (Å²) in [5.41, 5.74) is 6.69. The minimum Gasteiger partial charge on any atom is -0.384 e. The van der Waals surface area contributed by atoms with E-state index in [0.717, 1.165) is 16.5 Å². The summed E-state index contributed by atoms with van der Waals surface area (Å²) in [6, 6.07) is 11.2. The number of alkyl halides is 3. The number of rotatable bonds is 6. The van der Waals surface area contributed by atoms with Gasteiger partial charge in [0.15, 0.2) is 14.9 Å². The Labute approximate surface area is 176 Å². The van der Waals surface area contributed by atoms with Crippen molar-refractivity contribution in [1.29, 1.82) is 0 Å². The number of carbonyl (C=O) groups is 1. The summed E-state index contributed by atoms with van der Waals surface area (Å²) in [6.07, 6.45) is -4.53. The fraction of sp³-hybridized carbons (Fsp3) is 0.250. The van der Waals surface area contributed by atoms with E-state index < -0.39 is 39.8 Å². The average molecular weight is 452 g/mol. The zero-order valence-corrected chi connectivity index (χ0v) is 17.2. The topological polar surface area (TPSA) is 106 Å². The first-order valence-electron chi connectivity index (χ1n) is 9.11. The third-order valence-electron chi connectivity index (χ3n) is 4.44. The van der Waals surface area contributed by atoms with E-state index in [4.69, 9.17) is 5.73 Å². The largest absolute Gasteiger partial charge is 0.389 e. The van der Waals surface area contributed by atoms with Crippen LogP contribution in [0.4, 0.5) is 24.7 Å². The molecule has 2 heterocycles. The maximum absolute atomic E-state index is 12.8. The van der Waals surface area contributed by atoms with Gasteiger partial charge in [0.25, 0.3) is 0 Å². The first-order valence-corrected chi connectivity index (χ1v) is 11.0. The Morgan fingerprint density at radius 1 is 1.16 bits per heavy atom. The van der Waals surface area contributed by atoms with Gasteiger partial charge < -0.3 is 10.6 Å². The summed E-state index contributed by atoms with van der Waals surface area (Å²) in [7, 11) is -3.84. The van der Waals surface area contributed by atoms with Gasteiger partial charge in [0.1, 0.15) is 5.82 Å². The molecular formula is C20H19F3N4O3S. The van der Waals surface area contributed by atoms with Crippen LogP contribution in [0.3, 0.4) is 0 Å². The van der Waals surface area contributed by atoms with Crippen LogP contribution in [0.15, 0.2) is 53.7 Å². The van der Waals surface area contributed by atoms with Crippen LogP contribution in [-0.2, 0) is 21.2 Å². The normalized spacial score (nSPS) is 12.1. The fourth-order valence-electron chi connectivity index (χ4n) is 3.02. The van der Waals surface area contributed by atoms with E-state index in [9.17, 15) is 26.4 Å². The van der Waals surface area contributed by atoms with Crippen molar-refractivity contribution in [2.24, 2.45) is 0 Å². The number of aromatic nitrogens is 2. The van der Waals surface area contributed by atoms with Gasteiger partial charge in [-0.2, -0.15) is 13.2 Å². The molecule has 0 aliphatic carbocycles. The summed E-state index contributed by atoms with van der Waals surface area (Å²) in [5.74, 6) is -0.592. The van der Waals surface area contributed by atoms with Gasteiger partial charge in [-0.25, -0.2) is 18.4 Å². The monoisotopic (exact) mass is 452 g/mol. The molecule has 0 fully saturated rings. The summed E-state index contributed by atoms with van der Waals surface area (Å²) in [5, 5.41) is 0.393. The molecular weight excluding hydrogens is 433 g/mol.